The Kier molecular flexibility index (Phi) is 5.17. The van der Waals surface area contributed by atoms with Gasteiger partial charge in [-0.2, -0.15) is 5.26 Å². The molecule has 0 unspecified atom stereocenters. The van der Waals surface area contributed by atoms with Crippen LogP contribution in [0.3, 0.4) is 0 Å². The zero-order valence-electron chi connectivity index (χ0n) is 11.3. The topological polar surface area (TPSA) is 56.6 Å². The highest BCUT2D eigenvalue weighted by atomic mass is 16.6. The van der Waals surface area contributed by atoms with Crippen molar-refractivity contribution in [2.45, 2.75) is 26.4 Å². The highest BCUT2D eigenvalue weighted by molar-refractivity contribution is 5.68. The zero-order valence-corrected chi connectivity index (χ0v) is 11.3. The van der Waals surface area contributed by atoms with Crippen LogP contribution in [0, 0.1) is 11.3 Å². The summed E-state index contributed by atoms with van der Waals surface area (Å²) in [5.74, 6) is 0. The first kappa shape index (κ1) is 14.5. The van der Waals surface area contributed by atoms with Crippen LogP contribution in [-0.4, -0.2) is 54.2 Å². The Hall–Kier alpha value is -1.54. The van der Waals surface area contributed by atoms with Gasteiger partial charge in [0.1, 0.15) is 5.60 Å². The molecule has 100 valence electrons. The van der Waals surface area contributed by atoms with Crippen LogP contribution in [-0.2, 0) is 4.74 Å². The van der Waals surface area contributed by atoms with Gasteiger partial charge in [0.2, 0.25) is 0 Å². The second-order valence-electron chi connectivity index (χ2n) is 5.30. The molecule has 0 saturated carbocycles. The van der Waals surface area contributed by atoms with Crippen molar-refractivity contribution in [3.63, 3.8) is 0 Å². The van der Waals surface area contributed by atoms with Crippen molar-refractivity contribution in [3.05, 3.63) is 12.2 Å². The third-order valence-electron chi connectivity index (χ3n) is 2.58. The number of carbonyl (C=O) groups excluding carboxylic acids is 1. The van der Waals surface area contributed by atoms with E-state index in [4.69, 9.17) is 10.00 Å². The summed E-state index contributed by atoms with van der Waals surface area (Å²) in [6.07, 6.45) is 3.08. The minimum absolute atomic E-state index is 0.241. The van der Waals surface area contributed by atoms with Gasteiger partial charge in [-0.15, -0.1) is 0 Å². The molecule has 0 bridgehead atoms. The first-order valence-corrected chi connectivity index (χ1v) is 6.17. The number of hydrogen-bond donors (Lipinski definition) is 0. The lowest BCUT2D eigenvalue weighted by Crippen LogP contribution is -2.49. The van der Waals surface area contributed by atoms with E-state index in [1.54, 1.807) is 4.90 Å². The first-order valence-electron chi connectivity index (χ1n) is 6.17. The number of rotatable bonds is 2. The van der Waals surface area contributed by atoms with Gasteiger partial charge in [-0.05, 0) is 20.8 Å². The highest BCUT2D eigenvalue weighted by Crippen LogP contribution is 2.11. The summed E-state index contributed by atoms with van der Waals surface area (Å²) in [7, 11) is 0. The van der Waals surface area contributed by atoms with Crippen molar-refractivity contribution in [2.75, 3.05) is 32.7 Å². The molecule has 0 spiro atoms. The molecule has 1 aliphatic heterocycles. The summed E-state index contributed by atoms with van der Waals surface area (Å²) in [5, 5.41) is 8.39. The molecular formula is C13H21N3O2. The summed E-state index contributed by atoms with van der Waals surface area (Å²) in [5.41, 5.74) is -0.441. The van der Waals surface area contributed by atoms with E-state index in [1.807, 2.05) is 32.9 Å². The van der Waals surface area contributed by atoms with Crippen LogP contribution in [0.5, 0.6) is 0 Å². The molecule has 0 aromatic carbocycles. The van der Waals surface area contributed by atoms with E-state index in [0.717, 1.165) is 19.6 Å². The standard InChI is InChI=1S/C13H21N3O2/c1-13(2,3)18-12(17)16-10-8-15(9-11-16)7-5-4-6-14/h4-5H,7-11H2,1-3H3/b5-4-. The Morgan fingerprint density at radius 2 is 1.94 bits per heavy atom. The number of nitrogens with zero attached hydrogens (tertiary/aromatic N) is 3. The lowest BCUT2D eigenvalue weighted by molar-refractivity contribution is 0.0154. The van der Waals surface area contributed by atoms with E-state index >= 15 is 0 Å². The van der Waals surface area contributed by atoms with E-state index in [-0.39, 0.29) is 6.09 Å². The maximum atomic E-state index is 11.8. The molecule has 1 rings (SSSR count). The summed E-state index contributed by atoms with van der Waals surface area (Å²) in [4.78, 5) is 15.7. The normalized spacial score (nSPS) is 17.8. The molecule has 1 fully saturated rings. The van der Waals surface area contributed by atoms with Gasteiger partial charge in [0, 0.05) is 38.8 Å². The molecule has 5 heteroatoms. The fourth-order valence-electron chi connectivity index (χ4n) is 1.69. The SMILES string of the molecule is CC(C)(C)OC(=O)N1CCN(C/C=C\C#N)CC1. The summed E-state index contributed by atoms with van der Waals surface area (Å²) < 4.78 is 5.32. The van der Waals surface area contributed by atoms with E-state index in [9.17, 15) is 4.79 Å². The predicted molar refractivity (Wildman–Crippen MR) is 69.0 cm³/mol. The third-order valence-corrected chi connectivity index (χ3v) is 2.58. The molecule has 1 amide bonds. The number of ether oxygens (including phenoxy) is 1. The fraction of sp³-hybridized carbons (Fsp3) is 0.692. The molecule has 18 heavy (non-hydrogen) atoms. The van der Waals surface area contributed by atoms with Gasteiger partial charge in [0.05, 0.1) is 6.07 Å². The highest BCUT2D eigenvalue weighted by Gasteiger charge is 2.25. The van der Waals surface area contributed by atoms with Gasteiger partial charge < -0.3 is 9.64 Å². The van der Waals surface area contributed by atoms with Crippen LogP contribution in [0.25, 0.3) is 0 Å². The quantitative estimate of drug-likeness (QED) is 0.700. The van der Waals surface area contributed by atoms with Gasteiger partial charge in [0.15, 0.2) is 0 Å². The zero-order chi connectivity index (χ0) is 13.6. The Labute approximate surface area is 109 Å². The number of hydrogen-bond acceptors (Lipinski definition) is 4. The number of piperazine rings is 1. The number of amides is 1. The van der Waals surface area contributed by atoms with Crippen molar-refractivity contribution in [3.8, 4) is 6.07 Å². The summed E-state index contributed by atoms with van der Waals surface area (Å²) in [6, 6.07) is 1.97. The average molecular weight is 251 g/mol. The summed E-state index contributed by atoms with van der Waals surface area (Å²) in [6.45, 7) is 9.35. The molecule has 0 aliphatic carbocycles. The molecule has 1 saturated heterocycles. The summed E-state index contributed by atoms with van der Waals surface area (Å²) >= 11 is 0. The molecular weight excluding hydrogens is 230 g/mol. The van der Waals surface area contributed by atoms with Crippen molar-refractivity contribution in [1.82, 2.24) is 9.80 Å². The van der Waals surface area contributed by atoms with Crippen LogP contribution in [0.1, 0.15) is 20.8 Å². The van der Waals surface area contributed by atoms with E-state index < -0.39 is 5.60 Å². The molecule has 0 aromatic rings. The Balaban J connectivity index is 2.33. The van der Waals surface area contributed by atoms with Gasteiger partial charge >= 0.3 is 6.09 Å². The molecule has 1 aliphatic rings. The maximum absolute atomic E-state index is 11.8. The Morgan fingerprint density at radius 3 is 2.44 bits per heavy atom. The Morgan fingerprint density at radius 1 is 1.33 bits per heavy atom. The van der Waals surface area contributed by atoms with Crippen molar-refractivity contribution in [1.29, 1.82) is 5.26 Å². The van der Waals surface area contributed by atoms with Crippen LogP contribution in [0.4, 0.5) is 4.79 Å². The second kappa shape index (κ2) is 6.41. The first-order chi connectivity index (χ1) is 8.42. The Bertz CT molecular complexity index is 344. The molecule has 0 aromatic heterocycles. The minimum Gasteiger partial charge on any atom is -0.444 e. The third kappa shape index (κ3) is 5.19. The van der Waals surface area contributed by atoms with Crippen LogP contribution in [0.15, 0.2) is 12.2 Å². The molecule has 0 atom stereocenters. The van der Waals surface area contributed by atoms with Gasteiger partial charge in [0.25, 0.3) is 0 Å². The van der Waals surface area contributed by atoms with Crippen LogP contribution < -0.4 is 0 Å². The van der Waals surface area contributed by atoms with Crippen molar-refractivity contribution in [2.24, 2.45) is 0 Å². The fourth-order valence-corrected chi connectivity index (χ4v) is 1.69. The van der Waals surface area contributed by atoms with E-state index in [0.29, 0.717) is 13.1 Å². The predicted octanol–water partition coefficient (Wildman–Crippen LogP) is 1.62. The van der Waals surface area contributed by atoms with Gasteiger partial charge in [-0.1, -0.05) is 6.08 Å². The van der Waals surface area contributed by atoms with E-state index in [2.05, 4.69) is 4.90 Å². The number of nitriles is 1. The molecule has 0 N–H and O–H groups in total. The van der Waals surface area contributed by atoms with Crippen LogP contribution in [0.2, 0.25) is 0 Å². The maximum Gasteiger partial charge on any atom is 0.410 e. The average Bonchev–Trinajstić information content (AvgIpc) is 2.28. The van der Waals surface area contributed by atoms with Gasteiger partial charge in [-0.3, -0.25) is 4.90 Å². The smallest absolute Gasteiger partial charge is 0.410 e. The number of allylic oxidation sites excluding steroid dienone is 1. The minimum atomic E-state index is -0.441. The molecule has 5 nitrogen and oxygen atoms in total. The lowest BCUT2D eigenvalue weighted by Gasteiger charge is -2.35. The largest absolute Gasteiger partial charge is 0.444 e. The van der Waals surface area contributed by atoms with Crippen LogP contribution >= 0.6 is 0 Å². The second-order valence-corrected chi connectivity index (χ2v) is 5.30. The lowest BCUT2D eigenvalue weighted by atomic mass is 10.2. The molecule has 1 heterocycles. The number of carbonyl (C=O) groups is 1. The monoisotopic (exact) mass is 251 g/mol. The van der Waals surface area contributed by atoms with Crippen molar-refractivity contribution < 1.29 is 9.53 Å². The molecule has 0 radical (unpaired) electrons. The van der Waals surface area contributed by atoms with Crippen molar-refractivity contribution >= 4 is 6.09 Å². The van der Waals surface area contributed by atoms with Gasteiger partial charge in [-0.25, -0.2) is 4.79 Å². The van der Waals surface area contributed by atoms with E-state index in [1.165, 1.54) is 6.08 Å².